The molecule has 6 heteroatoms. The van der Waals surface area contributed by atoms with Crippen molar-refractivity contribution in [3.8, 4) is 6.07 Å². The van der Waals surface area contributed by atoms with Crippen molar-refractivity contribution in [2.45, 2.75) is 6.54 Å². The fourth-order valence-corrected chi connectivity index (χ4v) is 3.51. The van der Waals surface area contributed by atoms with E-state index >= 15 is 0 Å². The molecule has 140 valence electrons. The zero-order valence-corrected chi connectivity index (χ0v) is 15.5. The van der Waals surface area contributed by atoms with Gasteiger partial charge in [0, 0.05) is 49.8 Å². The summed E-state index contributed by atoms with van der Waals surface area (Å²) in [6.07, 6.45) is 3.66. The molecule has 6 nitrogen and oxygen atoms in total. The molecule has 4 rings (SSSR count). The van der Waals surface area contributed by atoms with Crippen molar-refractivity contribution >= 4 is 11.6 Å². The summed E-state index contributed by atoms with van der Waals surface area (Å²) in [6, 6.07) is 19.4. The Kier molecular flexibility index (Phi) is 5.07. The molecule has 0 spiro atoms. The predicted octanol–water partition coefficient (Wildman–Crippen LogP) is 2.77. The molecule has 28 heavy (non-hydrogen) atoms. The fraction of sp³-hybridized carbons (Fsp3) is 0.227. The Morgan fingerprint density at radius 2 is 1.86 bits per heavy atom. The van der Waals surface area contributed by atoms with Gasteiger partial charge in [0.2, 0.25) is 0 Å². The highest BCUT2D eigenvalue weighted by Crippen LogP contribution is 2.19. The zero-order chi connectivity index (χ0) is 19.3. The van der Waals surface area contributed by atoms with E-state index in [1.807, 2.05) is 64.3 Å². The molecule has 0 aliphatic carbocycles. The van der Waals surface area contributed by atoms with Crippen molar-refractivity contribution in [1.29, 1.82) is 5.26 Å². The highest BCUT2D eigenvalue weighted by atomic mass is 16.2. The van der Waals surface area contributed by atoms with Gasteiger partial charge in [0.05, 0.1) is 18.2 Å². The Morgan fingerprint density at radius 3 is 2.61 bits per heavy atom. The van der Waals surface area contributed by atoms with Crippen molar-refractivity contribution in [3.05, 3.63) is 83.7 Å². The van der Waals surface area contributed by atoms with Gasteiger partial charge in [-0.2, -0.15) is 10.4 Å². The van der Waals surface area contributed by atoms with Crippen LogP contribution in [0.5, 0.6) is 0 Å². The number of amides is 1. The van der Waals surface area contributed by atoms with Crippen LogP contribution in [0, 0.1) is 11.3 Å². The van der Waals surface area contributed by atoms with Gasteiger partial charge in [-0.25, -0.2) is 0 Å². The number of hydrogen-bond acceptors (Lipinski definition) is 4. The number of aromatic nitrogens is 2. The van der Waals surface area contributed by atoms with Gasteiger partial charge in [0.1, 0.15) is 0 Å². The minimum absolute atomic E-state index is 0.0627. The summed E-state index contributed by atoms with van der Waals surface area (Å²) in [5.41, 5.74) is 3.46. The lowest BCUT2D eigenvalue weighted by Gasteiger charge is -2.36. The molecule has 3 aromatic rings. The van der Waals surface area contributed by atoms with E-state index in [9.17, 15) is 4.79 Å². The van der Waals surface area contributed by atoms with Crippen LogP contribution >= 0.6 is 0 Å². The number of nitrogens with zero attached hydrogens (tertiary/aromatic N) is 5. The van der Waals surface area contributed by atoms with E-state index in [1.54, 1.807) is 12.3 Å². The number of anilines is 1. The Balaban J connectivity index is 1.40. The maximum absolute atomic E-state index is 12.9. The van der Waals surface area contributed by atoms with Crippen LogP contribution in [0.15, 0.2) is 67.0 Å². The number of piperazine rings is 1. The summed E-state index contributed by atoms with van der Waals surface area (Å²) in [7, 11) is 0. The lowest BCUT2D eigenvalue weighted by molar-refractivity contribution is 0.0746. The number of carbonyl (C=O) groups excluding carboxylic acids is 1. The molecule has 1 aliphatic heterocycles. The van der Waals surface area contributed by atoms with Crippen molar-refractivity contribution in [1.82, 2.24) is 14.7 Å². The fourth-order valence-electron chi connectivity index (χ4n) is 3.51. The molecule has 1 amide bonds. The predicted molar refractivity (Wildman–Crippen MR) is 107 cm³/mol. The van der Waals surface area contributed by atoms with Crippen molar-refractivity contribution in [2.75, 3.05) is 31.1 Å². The summed E-state index contributed by atoms with van der Waals surface area (Å²) in [5, 5.41) is 13.3. The van der Waals surface area contributed by atoms with Gasteiger partial charge >= 0.3 is 0 Å². The third-order valence-electron chi connectivity index (χ3n) is 4.98. The molecule has 0 unspecified atom stereocenters. The number of rotatable bonds is 4. The van der Waals surface area contributed by atoms with Crippen LogP contribution in [0.1, 0.15) is 21.5 Å². The van der Waals surface area contributed by atoms with E-state index in [0.717, 1.165) is 24.3 Å². The van der Waals surface area contributed by atoms with Gasteiger partial charge in [0.15, 0.2) is 0 Å². The van der Waals surface area contributed by atoms with E-state index in [4.69, 9.17) is 5.26 Å². The molecular formula is C22H21N5O. The van der Waals surface area contributed by atoms with Crippen LogP contribution in [0.3, 0.4) is 0 Å². The Hall–Kier alpha value is -3.59. The highest BCUT2D eigenvalue weighted by Gasteiger charge is 2.22. The van der Waals surface area contributed by atoms with E-state index in [-0.39, 0.29) is 5.91 Å². The topological polar surface area (TPSA) is 65.2 Å². The number of hydrogen-bond donors (Lipinski definition) is 0. The molecular weight excluding hydrogens is 350 g/mol. The van der Waals surface area contributed by atoms with Gasteiger partial charge in [-0.1, -0.05) is 18.2 Å². The third kappa shape index (κ3) is 3.89. The highest BCUT2D eigenvalue weighted by molar-refractivity contribution is 5.94. The first-order chi connectivity index (χ1) is 13.7. The molecule has 0 radical (unpaired) electrons. The van der Waals surface area contributed by atoms with Crippen LogP contribution in [0.25, 0.3) is 0 Å². The van der Waals surface area contributed by atoms with Gasteiger partial charge < -0.3 is 9.80 Å². The summed E-state index contributed by atoms with van der Waals surface area (Å²) in [6.45, 7) is 3.50. The SMILES string of the molecule is N#Cc1cccc(N2CCN(C(=O)c3cccc(Cn4cccn4)c3)CC2)c1. The monoisotopic (exact) mass is 371 g/mol. The van der Waals surface area contributed by atoms with E-state index < -0.39 is 0 Å². The average molecular weight is 371 g/mol. The van der Waals surface area contributed by atoms with E-state index in [0.29, 0.717) is 30.8 Å². The summed E-state index contributed by atoms with van der Waals surface area (Å²) >= 11 is 0. The minimum atomic E-state index is 0.0627. The average Bonchev–Trinajstić information content (AvgIpc) is 3.26. The maximum atomic E-state index is 12.9. The number of benzene rings is 2. The summed E-state index contributed by atoms with van der Waals surface area (Å²) < 4.78 is 1.84. The van der Waals surface area contributed by atoms with Gasteiger partial charge in [-0.3, -0.25) is 9.48 Å². The van der Waals surface area contributed by atoms with Crippen LogP contribution < -0.4 is 4.90 Å². The molecule has 0 N–H and O–H groups in total. The molecule has 1 aliphatic rings. The van der Waals surface area contributed by atoms with Gasteiger partial charge in [-0.15, -0.1) is 0 Å². The summed E-state index contributed by atoms with van der Waals surface area (Å²) in [4.78, 5) is 17.1. The van der Waals surface area contributed by atoms with E-state index in [1.165, 1.54) is 0 Å². The van der Waals surface area contributed by atoms with Crippen molar-refractivity contribution < 1.29 is 4.79 Å². The molecule has 1 saturated heterocycles. The Morgan fingerprint density at radius 1 is 1.04 bits per heavy atom. The first-order valence-electron chi connectivity index (χ1n) is 9.34. The molecule has 2 heterocycles. The third-order valence-corrected chi connectivity index (χ3v) is 4.98. The largest absolute Gasteiger partial charge is 0.368 e. The quantitative estimate of drug-likeness (QED) is 0.707. The minimum Gasteiger partial charge on any atom is -0.368 e. The molecule has 0 atom stereocenters. The van der Waals surface area contributed by atoms with E-state index in [2.05, 4.69) is 16.1 Å². The van der Waals surface area contributed by atoms with Gasteiger partial charge in [-0.05, 0) is 42.0 Å². The molecule has 1 aromatic heterocycles. The number of carbonyl (C=O) groups is 1. The van der Waals surface area contributed by atoms with Crippen LogP contribution in [-0.4, -0.2) is 46.8 Å². The second-order valence-corrected chi connectivity index (χ2v) is 6.85. The van der Waals surface area contributed by atoms with Crippen LogP contribution in [-0.2, 0) is 6.54 Å². The van der Waals surface area contributed by atoms with Gasteiger partial charge in [0.25, 0.3) is 5.91 Å². The maximum Gasteiger partial charge on any atom is 0.253 e. The Bertz CT molecular complexity index is 998. The van der Waals surface area contributed by atoms with Crippen molar-refractivity contribution in [3.63, 3.8) is 0 Å². The lowest BCUT2D eigenvalue weighted by atomic mass is 10.1. The second kappa shape index (κ2) is 7.97. The van der Waals surface area contributed by atoms with Crippen LogP contribution in [0.2, 0.25) is 0 Å². The second-order valence-electron chi connectivity index (χ2n) is 6.85. The normalized spacial score (nSPS) is 14.0. The molecule has 0 saturated carbocycles. The number of nitriles is 1. The first kappa shape index (κ1) is 17.8. The lowest BCUT2D eigenvalue weighted by Crippen LogP contribution is -2.48. The van der Waals surface area contributed by atoms with Crippen LogP contribution in [0.4, 0.5) is 5.69 Å². The molecule has 1 fully saturated rings. The van der Waals surface area contributed by atoms with Crippen molar-refractivity contribution in [2.24, 2.45) is 0 Å². The molecule has 2 aromatic carbocycles. The Labute approximate surface area is 164 Å². The zero-order valence-electron chi connectivity index (χ0n) is 15.5. The molecule has 0 bridgehead atoms. The first-order valence-corrected chi connectivity index (χ1v) is 9.34. The summed E-state index contributed by atoms with van der Waals surface area (Å²) in [5.74, 6) is 0.0627. The standard InChI is InChI=1S/C22H21N5O/c23-16-18-4-2-7-21(15-18)25-10-12-26(13-11-25)22(28)20-6-1-5-19(14-20)17-27-9-3-8-24-27/h1-9,14-15H,10-13,17H2. The smallest absolute Gasteiger partial charge is 0.253 e.